The summed E-state index contributed by atoms with van der Waals surface area (Å²) in [6.45, 7) is 15.2. The summed E-state index contributed by atoms with van der Waals surface area (Å²) in [6.07, 6.45) is -3.77. The van der Waals surface area contributed by atoms with Crippen molar-refractivity contribution in [3.63, 3.8) is 0 Å². The van der Waals surface area contributed by atoms with Crippen molar-refractivity contribution in [1.29, 1.82) is 0 Å². The molecule has 6 N–H and O–H groups in total. The average molecular weight is 521 g/mol. The molecular weight excluding hydrogens is 490 g/mol. The van der Waals surface area contributed by atoms with Gasteiger partial charge in [0.2, 0.25) is 0 Å². The predicted molar refractivity (Wildman–Crippen MR) is 125 cm³/mol. The molecule has 16 nitrogen and oxygen atoms in total. The first-order valence-electron chi connectivity index (χ1n) is 9.57. The zero-order chi connectivity index (χ0) is 28.8. The number of carbonyl (C=O) groups is 3. The Kier molecular flexibility index (Phi) is 21.0. The Labute approximate surface area is 204 Å². The molecule has 1 rings (SSSR count). The van der Waals surface area contributed by atoms with Gasteiger partial charge in [0.15, 0.2) is 0 Å². The number of aromatic nitrogens is 3. The van der Waals surface area contributed by atoms with Gasteiger partial charge in [-0.15, -0.1) is 0 Å². The molecule has 1 aromatic heterocycles. The summed E-state index contributed by atoms with van der Waals surface area (Å²) in [6, 6.07) is 0. The van der Waals surface area contributed by atoms with Crippen LogP contribution in [0.3, 0.4) is 0 Å². The van der Waals surface area contributed by atoms with Gasteiger partial charge in [-0.2, -0.15) is 0 Å². The van der Waals surface area contributed by atoms with Gasteiger partial charge in [-0.3, -0.25) is 9.97 Å². The summed E-state index contributed by atoms with van der Waals surface area (Å²) < 4.78 is 13.1. The first-order valence-corrected chi connectivity index (χ1v) is 9.57. The lowest BCUT2D eigenvalue weighted by Crippen LogP contribution is -2.43. The van der Waals surface area contributed by atoms with Crippen LogP contribution in [0.15, 0.2) is 50.8 Å². The van der Waals surface area contributed by atoms with E-state index in [4.69, 9.17) is 20.4 Å². The molecule has 0 spiro atoms. The average Bonchev–Trinajstić information content (AvgIpc) is 2.73. The number of aromatic amines is 2. The highest BCUT2D eigenvalue weighted by Crippen LogP contribution is 1.88. The molecule has 0 radical (unpaired) electrons. The first kappa shape index (κ1) is 36.0. The Balaban J connectivity index is -0.000000412. The largest absolute Gasteiger partial charge is 0.506 e. The van der Waals surface area contributed by atoms with E-state index < -0.39 is 35.5 Å². The van der Waals surface area contributed by atoms with Gasteiger partial charge in [0, 0.05) is 0 Å². The molecule has 0 aliphatic heterocycles. The Hall–Kier alpha value is -4.60. The second-order valence-corrected chi connectivity index (χ2v) is 6.60. The number of aliphatic hydroxyl groups excluding tert-OH is 1. The second kappa shape index (κ2) is 21.0. The number of hydrogen-bond acceptors (Lipinski definition) is 10. The van der Waals surface area contributed by atoms with Crippen LogP contribution in [0.5, 0.6) is 0 Å². The summed E-state index contributed by atoms with van der Waals surface area (Å²) in [7, 11) is 0. The van der Waals surface area contributed by atoms with E-state index in [2.05, 4.69) is 33.9 Å². The fourth-order valence-corrected chi connectivity index (χ4v) is 1.31. The fourth-order valence-electron chi connectivity index (χ4n) is 1.31. The lowest BCUT2D eigenvalue weighted by molar-refractivity contribution is 0.0985. The second-order valence-electron chi connectivity index (χ2n) is 6.60. The van der Waals surface area contributed by atoms with E-state index in [1.54, 1.807) is 20.8 Å². The molecule has 0 unspecified atom stereocenters. The number of nitrogens with zero attached hydrogens (tertiary/aromatic N) is 1. The van der Waals surface area contributed by atoms with E-state index in [-0.39, 0.29) is 33.0 Å². The Morgan fingerprint density at radius 3 is 1.17 bits per heavy atom. The Morgan fingerprint density at radius 2 is 1.00 bits per heavy atom. The van der Waals surface area contributed by atoms with E-state index in [9.17, 15) is 28.8 Å². The number of H-pyrrole nitrogens is 2. The van der Waals surface area contributed by atoms with Gasteiger partial charge < -0.3 is 34.6 Å². The lowest BCUT2D eigenvalue weighted by atomic mass is 10.4. The maximum atomic E-state index is 10.8. The summed E-state index contributed by atoms with van der Waals surface area (Å²) in [5.74, 6) is 0. The van der Waals surface area contributed by atoms with Crippen molar-refractivity contribution in [3.05, 3.63) is 67.9 Å². The third kappa shape index (κ3) is 27.4. The van der Waals surface area contributed by atoms with Crippen LogP contribution in [0.4, 0.5) is 14.4 Å². The van der Waals surface area contributed by atoms with E-state index in [0.717, 1.165) is 0 Å². The van der Waals surface area contributed by atoms with Crippen molar-refractivity contribution in [2.45, 2.75) is 27.3 Å². The van der Waals surface area contributed by atoms with Crippen LogP contribution in [0.1, 0.15) is 20.8 Å². The summed E-state index contributed by atoms with van der Waals surface area (Å²) >= 11 is 0. The maximum Gasteiger partial charge on any atom is 0.506 e. The van der Waals surface area contributed by atoms with Crippen molar-refractivity contribution >= 4 is 18.5 Å². The highest BCUT2D eigenvalue weighted by Gasteiger charge is 2.00. The topological polar surface area (TPSA) is 248 Å². The maximum absolute atomic E-state index is 10.8. The zero-order valence-electron chi connectivity index (χ0n) is 20.1. The minimum Gasteiger partial charge on any atom is -0.450 e. The molecule has 0 aliphatic rings. The number of aliphatic hydroxyl groups is 1. The molecule has 0 aromatic carbocycles. The quantitative estimate of drug-likeness (QED) is 0.159. The zero-order valence-corrected chi connectivity index (χ0v) is 20.1. The molecule has 0 fully saturated rings. The van der Waals surface area contributed by atoms with Gasteiger partial charge in [0.05, 0.1) is 13.2 Å². The minimum absolute atomic E-state index is 0.0926. The van der Waals surface area contributed by atoms with Crippen LogP contribution in [0.2, 0.25) is 0 Å². The SMILES string of the molecule is C=C(C)COC(=O)O.C=C(C)COC(=O)O.C=C(C)COC(=O)O.O=c1[nH]c(=O)n(CCO)c(=O)[nH]1. The van der Waals surface area contributed by atoms with Crippen LogP contribution in [-0.2, 0) is 20.8 Å². The number of carboxylic acid groups (broad SMARTS) is 3. The standard InChI is InChI=1S/C5H7N3O4.3C5H8O3/c9-2-1-8-4(11)6-3(10)7-5(8)12;3*1-4(2)3-8-5(6)7/h9H,1-2H2,(H2,6,7,10,11,12);3*1,3H2,2H3,(H,6,7). The summed E-state index contributed by atoms with van der Waals surface area (Å²) in [5.41, 5.74) is -0.387. The summed E-state index contributed by atoms with van der Waals surface area (Å²) in [4.78, 5) is 64.8. The molecule has 0 amide bonds. The summed E-state index contributed by atoms with van der Waals surface area (Å²) in [5, 5.41) is 32.1. The van der Waals surface area contributed by atoms with Crippen LogP contribution in [0.25, 0.3) is 0 Å². The molecule has 0 atom stereocenters. The fraction of sp³-hybridized carbons (Fsp3) is 0.400. The van der Waals surface area contributed by atoms with Crippen molar-refractivity contribution in [2.75, 3.05) is 26.4 Å². The first-order chi connectivity index (χ1) is 16.5. The van der Waals surface area contributed by atoms with Gasteiger partial charge in [-0.25, -0.2) is 33.3 Å². The molecule has 0 aliphatic carbocycles. The normalized spacial score (nSPS) is 8.78. The van der Waals surface area contributed by atoms with Crippen molar-refractivity contribution in [2.24, 2.45) is 0 Å². The lowest BCUT2D eigenvalue weighted by Gasteiger charge is -1.97. The number of ether oxygens (including phenoxy) is 3. The van der Waals surface area contributed by atoms with Gasteiger partial charge in [0.25, 0.3) is 0 Å². The van der Waals surface area contributed by atoms with E-state index in [1.165, 1.54) is 0 Å². The molecule has 36 heavy (non-hydrogen) atoms. The smallest absolute Gasteiger partial charge is 0.450 e. The van der Waals surface area contributed by atoms with Crippen LogP contribution in [0, 0.1) is 0 Å². The van der Waals surface area contributed by atoms with Crippen molar-refractivity contribution < 1.29 is 49.0 Å². The van der Waals surface area contributed by atoms with Gasteiger partial charge in [0.1, 0.15) is 19.8 Å². The Bertz CT molecular complexity index is 907. The molecule has 0 saturated carbocycles. The highest BCUT2D eigenvalue weighted by atomic mass is 16.7. The highest BCUT2D eigenvalue weighted by molar-refractivity contribution is 5.57. The molecule has 16 heteroatoms. The minimum atomic E-state index is -1.26. The number of rotatable bonds is 8. The molecule has 204 valence electrons. The van der Waals surface area contributed by atoms with Gasteiger partial charge >= 0.3 is 35.5 Å². The monoisotopic (exact) mass is 521 g/mol. The number of nitrogens with one attached hydrogen (secondary N) is 2. The van der Waals surface area contributed by atoms with Crippen LogP contribution in [-0.4, -0.2) is 79.9 Å². The molecule has 1 aromatic rings. The predicted octanol–water partition coefficient (Wildman–Crippen LogP) is 0.989. The van der Waals surface area contributed by atoms with E-state index in [0.29, 0.717) is 21.3 Å². The van der Waals surface area contributed by atoms with Gasteiger partial charge in [-0.05, 0) is 37.5 Å². The van der Waals surface area contributed by atoms with Crippen LogP contribution < -0.4 is 17.1 Å². The third-order valence-corrected chi connectivity index (χ3v) is 2.58. The van der Waals surface area contributed by atoms with Crippen LogP contribution >= 0.6 is 0 Å². The Morgan fingerprint density at radius 1 is 0.722 bits per heavy atom. The molecule has 0 bridgehead atoms. The van der Waals surface area contributed by atoms with E-state index >= 15 is 0 Å². The molecule has 1 heterocycles. The van der Waals surface area contributed by atoms with E-state index in [1.807, 2.05) is 9.97 Å². The molecular formula is C20H31N3O13. The third-order valence-electron chi connectivity index (χ3n) is 2.58. The van der Waals surface area contributed by atoms with Crippen molar-refractivity contribution in [1.82, 2.24) is 14.5 Å². The van der Waals surface area contributed by atoms with Gasteiger partial charge in [-0.1, -0.05) is 19.7 Å². The number of hydrogen-bond donors (Lipinski definition) is 6. The molecule has 0 saturated heterocycles. The van der Waals surface area contributed by atoms with Crippen molar-refractivity contribution in [3.8, 4) is 0 Å².